The SMILES string of the molecule is CON(C)C(C(N)=O)c1ccccc1COc1cc(C)ccc1C. The van der Waals surface area contributed by atoms with Crippen LogP contribution in [0.2, 0.25) is 0 Å². The van der Waals surface area contributed by atoms with Crippen molar-refractivity contribution >= 4 is 5.91 Å². The Morgan fingerprint density at radius 1 is 1.21 bits per heavy atom. The predicted molar refractivity (Wildman–Crippen MR) is 93.4 cm³/mol. The number of nitrogens with two attached hydrogens (primary N) is 1. The fraction of sp³-hybridized carbons (Fsp3) is 0.316. The molecule has 2 aromatic rings. The smallest absolute Gasteiger partial charge is 0.241 e. The maximum Gasteiger partial charge on any atom is 0.241 e. The fourth-order valence-electron chi connectivity index (χ4n) is 2.58. The maximum absolute atomic E-state index is 11.9. The average Bonchev–Trinajstić information content (AvgIpc) is 2.56. The van der Waals surface area contributed by atoms with Crippen LogP contribution in [0.1, 0.15) is 28.3 Å². The number of carbonyl (C=O) groups is 1. The van der Waals surface area contributed by atoms with E-state index < -0.39 is 11.9 Å². The third-order valence-electron chi connectivity index (χ3n) is 4.00. The summed E-state index contributed by atoms with van der Waals surface area (Å²) in [5, 5.41) is 1.44. The molecule has 1 atom stereocenters. The van der Waals surface area contributed by atoms with Crippen LogP contribution in [0.25, 0.3) is 0 Å². The Morgan fingerprint density at radius 2 is 1.92 bits per heavy atom. The molecule has 0 fully saturated rings. The van der Waals surface area contributed by atoms with E-state index >= 15 is 0 Å². The zero-order chi connectivity index (χ0) is 17.7. The van der Waals surface area contributed by atoms with Crippen molar-refractivity contribution in [3.8, 4) is 5.75 Å². The molecule has 0 aliphatic carbocycles. The molecule has 5 nitrogen and oxygen atoms in total. The highest BCUT2D eigenvalue weighted by molar-refractivity contribution is 5.81. The maximum atomic E-state index is 11.9. The first-order chi connectivity index (χ1) is 11.4. The lowest BCUT2D eigenvalue weighted by molar-refractivity contribution is -0.160. The first-order valence-electron chi connectivity index (χ1n) is 7.78. The predicted octanol–water partition coefficient (Wildman–Crippen LogP) is 2.90. The Morgan fingerprint density at radius 3 is 2.58 bits per heavy atom. The number of rotatable bonds is 7. The zero-order valence-electron chi connectivity index (χ0n) is 14.6. The van der Waals surface area contributed by atoms with Gasteiger partial charge in [0, 0.05) is 7.05 Å². The van der Waals surface area contributed by atoms with Gasteiger partial charge in [0.15, 0.2) is 0 Å². The number of amides is 1. The van der Waals surface area contributed by atoms with E-state index in [2.05, 4.69) is 0 Å². The van der Waals surface area contributed by atoms with Gasteiger partial charge in [-0.15, -0.1) is 0 Å². The second kappa shape index (κ2) is 7.95. The van der Waals surface area contributed by atoms with Crippen molar-refractivity contribution < 1.29 is 14.4 Å². The number of nitrogens with zero attached hydrogens (tertiary/aromatic N) is 1. The number of primary amides is 1. The largest absolute Gasteiger partial charge is 0.489 e. The third kappa shape index (κ3) is 4.13. The summed E-state index contributed by atoms with van der Waals surface area (Å²) in [5.74, 6) is 0.360. The van der Waals surface area contributed by atoms with Crippen LogP contribution in [0, 0.1) is 13.8 Å². The highest BCUT2D eigenvalue weighted by Gasteiger charge is 2.25. The summed E-state index contributed by atoms with van der Waals surface area (Å²) in [7, 11) is 3.18. The molecule has 2 rings (SSSR count). The van der Waals surface area contributed by atoms with Gasteiger partial charge in [-0.1, -0.05) is 36.4 Å². The minimum Gasteiger partial charge on any atom is -0.489 e. The van der Waals surface area contributed by atoms with Crippen LogP contribution in [-0.4, -0.2) is 25.1 Å². The van der Waals surface area contributed by atoms with Gasteiger partial charge < -0.3 is 15.3 Å². The van der Waals surface area contributed by atoms with Gasteiger partial charge in [-0.2, -0.15) is 5.06 Å². The Labute approximate surface area is 142 Å². The van der Waals surface area contributed by atoms with Crippen molar-refractivity contribution in [2.75, 3.05) is 14.2 Å². The number of hydrogen-bond acceptors (Lipinski definition) is 4. The molecule has 0 aliphatic heterocycles. The van der Waals surface area contributed by atoms with Crippen molar-refractivity contribution in [2.45, 2.75) is 26.5 Å². The summed E-state index contributed by atoms with van der Waals surface area (Å²) in [6, 6.07) is 13.0. The highest BCUT2D eigenvalue weighted by atomic mass is 16.7. The topological polar surface area (TPSA) is 64.8 Å². The van der Waals surface area contributed by atoms with Gasteiger partial charge in [0.25, 0.3) is 0 Å². The molecule has 0 saturated carbocycles. The Hall–Kier alpha value is -2.37. The average molecular weight is 328 g/mol. The first-order valence-corrected chi connectivity index (χ1v) is 7.78. The van der Waals surface area contributed by atoms with Gasteiger partial charge in [0.2, 0.25) is 5.91 Å². The molecule has 0 aromatic heterocycles. The monoisotopic (exact) mass is 328 g/mol. The van der Waals surface area contributed by atoms with Crippen LogP contribution in [0.15, 0.2) is 42.5 Å². The van der Waals surface area contributed by atoms with Gasteiger partial charge in [0.1, 0.15) is 18.4 Å². The number of carbonyl (C=O) groups excluding carboxylic acids is 1. The molecule has 24 heavy (non-hydrogen) atoms. The third-order valence-corrected chi connectivity index (χ3v) is 4.00. The quantitative estimate of drug-likeness (QED) is 0.794. The molecule has 1 unspecified atom stereocenters. The fourth-order valence-corrected chi connectivity index (χ4v) is 2.58. The molecule has 0 aliphatic rings. The van der Waals surface area contributed by atoms with E-state index in [9.17, 15) is 4.79 Å². The summed E-state index contributed by atoms with van der Waals surface area (Å²) < 4.78 is 5.98. The summed E-state index contributed by atoms with van der Waals surface area (Å²) >= 11 is 0. The lowest BCUT2D eigenvalue weighted by atomic mass is 10.00. The minimum absolute atomic E-state index is 0.349. The number of ether oxygens (including phenoxy) is 1. The van der Waals surface area contributed by atoms with Gasteiger partial charge in [-0.3, -0.25) is 4.79 Å². The minimum atomic E-state index is -0.673. The molecule has 5 heteroatoms. The second-order valence-electron chi connectivity index (χ2n) is 5.79. The molecule has 2 N–H and O–H groups in total. The Bertz CT molecular complexity index is 716. The van der Waals surface area contributed by atoms with Gasteiger partial charge in [-0.05, 0) is 42.2 Å². The highest BCUT2D eigenvalue weighted by Crippen LogP contribution is 2.26. The van der Waals surface area contributed by atoms with Crippen LogP contribution in [0.4, 0.5) is 0 Å². The molecule has 0 saturated heterocycles. The van der Waals surface area contributed by atoms with E-state index in [0.717, 1.165) is 28.0 Å². The zero-order valence-corrected chi connectivity index (χ0v) is 14.6. The van der Waals surface area contributed by atoms with E-state index in [1.165, 1.54) is 12.2 Å². The van der Waals surface area contributed by atoms with Crippen molar-refractivity contribution in [1.82, 2.24) is 5.06 Å². The van der Waals surface area contributed by atoms with Crippen LogP contribution in [0.5, 0.6) is 5.75 Å². The number of benzene rings is 2. The lowest BCUT2D eigenvalue weighted by Gasteiger charge is -2.25. The van der Waals surface area contributed by atoms with Crippen LogP contribution >= 0.6 is 0 Å². The van der Waals surface area contributed by atoms with E-state index in [1.54, 1.807) is 7.05 Å². The Kier molecular flexibility index (Phi) is 5.95. The molecule has 1 amide bonds. The van der Waals surface area contributed by atoms with Crippen LogP contribution in [0.3, 0.4) is 0 Å². The van der Waals surface area contributed by atoms with Crippen molar-refractivity contribution in [1.29, 1.82) is 0 Å². The molecular formula is C19H24N2O3. The van der Waals surface area contributed by atoms with Crippen molar-refractivity contribution in [2.24, 2.45) is 5.73 Å². The molecule has 0 bridgehead atoms. The summed E-state index contributed by atoms with van der Waals surface area (Å²) in [6.45, 7) is 4.38. The number of likely N-dealkylation sites (N-methyl/N-ethyl adjacent to an activating group) is 1. The number of aryl methyl sites for hydroxylation is 2. The lowest BCUT2D eigenvalue weighted by Crippen LogP contribution is -2.35. The molecule has 0 radical (unpaired) electrons. The summed E-state index contributed by atoms with van der Waals surface area (Å²) in [4.78, 5) is 17.1. The first kappa shape index (κ1) is 18.0. The molecule has 0 spiro atoms. The molecule has 2 aromatic carbocycles. The molecular weight excluding hydrogens is 304 g/mol. The number of hydrogen-bond donors (Lipinski definition) is 1. The van der Waals surface area contributed by atoms with E-state index in [0.29, 0.717) is 6.61 Å². The van der Waals surface area contributed by atoms with E-state index in [4.69, 9.17) is 15.3 Å². The second-order valence-corrected chi connectivity index (χ2v) is 5.79. The standard InChI is InChI=1S/C19H24N2O3/c1-13-9-10-14(2)17(11-13)24-12-15-7-5-6-8-16(15)18(19(20)22)21(3)23-4/h5-11,18H,12H2,1-4H3,(H2,20,22). The van der Waals surface area contributed by atoms with Crippen molar-refractivity contribution in [3.05, 3.63) is 64.7 Å². The van der Waals surface area contributed by atoms with E-state index in [1.807, 2.05) is 56.3 Å². The van der Waals surface area contributed by atoms with Crippen LogP contribution in [-0.2, 0) is 16.2 Å². The number of hydroxylamine groups is 2. The summed E-state index contributed by atoms with van der Waals surface area (Å²) in [5.41, 5.74) is 9.44. The molecule has 0 heterocycles. The normalized spacial score (nSPS) is 12.2. The van der Waals surface area contributed by atoms with Crippen LogP contribution < -0.4 is 10.5 Å². The summed E-state index contributed by atoms with van der Waals surface area (Å²) in [6.07, 6.45) is 0. The van der Waals surface area contributed by atoms with E-state index in [-0.39, 0.29) is 0 Å². The van der Waals surface area contributed by atoms with Gasteiger partial charge in [-0.25, -0.2) is 0 Å². The van der Waals surface area contributed by atoms with Gasteiger partial charge in [0.05, 0.1) is 7.11 Å². The molecule has 128 valence electrons. The van der Waals surface area contributed by atoms with Gasteiger partial charge >= 0.3 is 0 Å². The van der Waals surface area contributed by atoms with Crippen molar-refractivity contribution in [3.63, 3.8) is 0 Å². The Balaban J connectivity index is 2.28.